The number of benzene rings is 3. The number of phenolic OH excluding ortho intramolecular Hbond substituents is 1. The van der Waals surface area contributed by atoms with E-state index in [2.05, 4.69) is 11.0 Å². The molecule has 0 radical (unpaired) electrons. The Balaban J connectivity index is 1.59. The fourth-order valence-electron chi connectivity index (χ4n) is 5.00. The van der Waals surface area contributed by atoms with Gasteiger partial charge in [-0.1, -0.05) is 18.2 Å². The lowest BCUT2D eigenvalue weighted by atomic mass is 9.77. The number of anilines is 1. The van der Waals surface area contributed by atoms with E-state index in [0.29, 0.717) is 17.1 Å². The predicted molar refractivity (Wildman–Crippen MR) is 112 cm³/mol. The zero-order chi connectivity index (χ0) is 20.3. The zero-order valence-electron chi connectivity index (χ0n) is 16.4. The molecule has 3 aliphatic heterocycles. The van der Waals surface area contributed by atoms with Crippen molar-refractivity contribution in [3.63, 3.8) is 0 Å². The van der Waals surface area contributed by atoms with Crippen LogP contribution in [0, 0.1) is 0 Å². The van der Waals surface area contributed by atoms with Crippen LogP contribution >= 0.6 is 0 Å². The van der Waals surface area contributed by atoms with Gasteiger partial charge >= 0.3 is 5.97 Å². The average Bonchev–Trinajstić information content (AvgIpc) is 3.07. The largest absolute Gasteiger partial charge is 0.508 e. The highest BCUT2D eigenvalue weighted by Crippen LogP contribution is 2.56. The first-order valence-corrected chi connectivity index (χ1v) is 10.4. The van der Waals surface area contributed by atoms with Crippen LogP contribution in [0.2, 0.25) is 0 Å². The van der Waals surface area contributed by atoms with E-state index >= 15 is 0 Å². The summed E-state index contributed by atoms with van der Waals surface area (Å²) in [6.45, 7) is 2.05. The Hall–Kier alpha value is -3.47. The van der Waals surface area contributed by atoms with Crippen molar-refractivity contribution in [3.05, 3.63) is 82.9 Å². The molecule has 0 bridgehead atoms. The Bertz CT molecular complexity index is 1180. The number of rotatable bonds is 1. The van der Waals surface area contributed by atoms with Gasteiger partial charge in [0.15, 0.2) is 5.60 Å². The number of esters is 1. The van der Waals surface area contributed by atoms with Crippen LogP contribution in [-0.4, -0.2) is 24.2 Å². The number of carbonyl (C=O) groups is 1. The molecule has 5 nitrogen and oxygen atoms in total. The van der Waals surface area contributed by atoms with E-state index in [1.54, 1.807) is 24.3 Å². The van der Waals surface area contributed by atoms with Crippen molar-refractivity contribution < 1.29 is 19.4 Å². The summed E-state index contributed by atoms with van der Waals surface area (Å²) < 4.78 is 12.4. The Kier molecular flexibility index (Phi) is 3.63. The standard InChI is InChI=1S/C25H21NO4/c27-17-9-11-21-23(15-17)29-22-14-16(26-12-4-1-5-13-26)8-10-20(22)25(21)19-7-3-2-6-18(19)24(28)30-25/h2-3,6-11,14-15,27H,1,4-5,12-13H2. The Morgan fingerprint density at radius 3 is 2.40 bits per heavy atom. The number of carbonyl (C=O) groups excluding carboxylic acids is 1. The summed E-state index contributed by atoms with van der Waals surface area (Å²) in [5.74, 6) is 0.915. The number of piperidine rings is 1. The van der Waals surface area contributed by atoms with Crippen LogP contribution in [0.5, 0.6) is 17.2 Å². The fourth-order valence-corrected chi connectivity index (χ4v) is 5.00. The summed E-state index contributed by atoms with van der Waals surface area (Å²) >= 11 is 0. The molecule has 0 amide bonds. The van der Waals surface area contributed by atoms with Gasteiger partial charge in [-0.2, -0.15) is 0 Å². The van der Waals surface area contributed by atoms with Crippen molar-refractivity contribution >= 4 is 11.7 Å². The van der Waals surface area contributed by atoms with E-state index in [-0.39, 0.29) is 11.7 Å². The SMILES string of the molecule is O=C1OC2(c3ccc(O)cc3Oc3cc(N4CCCCC4)ccc32)c2ccccc21. The van der Waals surface area contributed by atoms with E-state index in [0.717, 1.165) is 35.5 Å². The van der Waals surface area contributed by atoms with Gasteiger partial charge in [-0.3, -0.25) is 0 Å². The number of aromatic hydroxyl groups is 1. The number of hydrogen-bond acceptors (Lipinski definition) is 5. The molecule has 0 aromatic heterocycles. The number of ether oxygens (including phenoxy) is 2. The summed E-state index contributed by atoms with van der Waals surface area (Å²) in [6.07, 6.45) is 3.63. The second-order valence-corrected chi connectivity index (χ2v) is 8.13. The molecule has 30 heavy (non-hydrogen) atoms. The lowest BCUT2D eigenvalue weighted by molar-refractivity contribution is 0.0224. The van der Waals surface area contributed by atoms with Gasteiger partial charge in [0.25, 0.3) is 0 Å². The highest BCUT2D eigenvalue weighted by atomic mass is 16.6. The third-order valence-corrected chi connectivity index (χ3v) is 6.40. The van der Waals surface area contributed by atoms with Crippen LogP contribution < -0.4 is 9.64 Å². The van der Waals surface area contributed by atoms with Crippen LogP contribution in [0.1, 0.15) is 46.3 Å². The topological polar surface area (TPSA) is 59.0 Å². The molecule has 1 fully saturated rings. The summed E-state index contributed by atoms with van der Waals surface area (Å²) in [6, 6.07) is 18.6. The molecule has 0 saturated carbocycles. The lowest BCUT2D eigenvalue weighted by Gasteiger charge is -2.37. The van der Waals surface area contributed by atoms with Crippen molar-refractivity contribution in [2.75, 3.05) is 18.0 Å². The van der Waals surface area contributed by atoms with Crippen LogP contribution in [0.15, 0.2) is 60.7 Å². The van der Waals surface area contributed by atoms with Crippen molar-refractivity contribution in [2.45, 2.75) is 24.9 Å². The average molecular weight is 399 g/mol. The van der Waals surface area contributed by atoms with Crippen LogP contribution in [0.4, 0.5) is 5.69 Å². The number of hydrogen-bond donors (Lipinski definition) is 1. The second-order valence-electron chi connectivity index (χ2n) is 8.13. The van der Waals surface area contributed by atoms with Gasteiger partial charge in [-0.05, 0) is 49.6 Å². The van der Waals surface area contributed by atoms with Gasteiger partial charge in [-0.25, -0.2) is 4.79 Å². The van der Waals surface area contributed by atoms with E-state index in [9.17, 15) is 9.90 Å². The first-order valence-electron chi connectivity index (χ1n) is 10.4. The van der Waals surface area contributed by atoms with Crippen molar-refractivity contribution in [1.29, 1.82) is 0 Å². The Labute approximate surface area is 174 Å². The molecule has 0 aliphatic carbocycles. The van der Waals surface area contributed by atoms with E-state index in [4.69, 9.17) is 9.47 Å². The fraction of sp³-hybridized carbons (Fsp3) is 0.240. The van der Waals surface area contributed by atoms with Gasteiger partial charge in [-0.15, -0.1) is 0 Å². The Morgan fingerprint density at radius 1 is 0.833 bits per heavy atom. The van der Waals surface area contributed by atoms with Gasteiger partial charge in [0.1, 0.15) is 17.2 Å². The quantitative estimate of drug-likeness (QED) is 0.587. The maximum atomic E-state index is 12.8. The zero-order valence-corrected chi connectivity index (χ0v) is 16.4. The first-order chi connectivity index (χ1) is 14.7. The van der Waals surface area contributed by atoms with Gasteiger partial charge < -0.3 is 19.5 Å². The molecule has 3 heterocycles. The first kappa shape index (κ1) is 17.4. The maximum absolute atomic E-state index is 12.8. The minimum absolute atomic E-state index is 0.108. The molecule has 3 aliphatic rings. The molecular formula is C25H21NO4. The summed E-state index contributed by atoms with van der Waals surface area (Å²) in [7, 11) is 0. The van der Waals surface area contributed by atoms with Crippen LogP contribution in [0.25, 0.3) is 0 Å². The van der Waals surface area contributed by atoms with Gasteiger partial charge in [0.05, 0.1) is 5.56 Å². The highest BCUT2D eigenvalue weighted by molar-refractivity contribution is 5.97. The minimum Gasteiger partial charge on any atom is -0.508 e. The van der Waals surface area contributed by atoms with Gasteiger partial charge in [0, 0.05) is 47.6 Å². The molecule has 1 N–H and O–H groups in total. The summed E-state index contributed by atoms with van der Waals surface area (Å²) in [5.41, 5.74) is 2.91. The molecule has 1 saturated heterocycles. The maximum Gasteiger partial charge on any atom is 0.340 e. The molecule has 6 rings (SSSR count). The molecule has 150 valence electrons. The molecule has 5 heteroatoms. The normalized spacial score (nSPS) is 21.5. The monoisotopic (exact) mass is 399 g/mol. The van der Waals surface area contributed by atoms with E-state index < -0.39 is 5.60 Å². The number of fused-ring (bicyclic) bond motifs is 6. The van der Waals surface area contributed by atoms with Crippen LogP contribution in [-0.2, 0) is 10.3 Å². The molecule has 1 spiro atoms. The second kappa shape index (κ2) is 6.26. The third-order valence-electron chi connectivity index (χ3n) is 6.40. The number of nitrogens with zero attached hydrogens (tertiary/aromatic N) is 1. The lowest BCUT2D eigenvalue weighted by Crippen LogP contribution is -2.33. The van der Waals surface area contributed by atoms with Gasteiger partial charge in [0.2, 0.25) is 0 Å². The summed E-state index contributed by atoms with van der Waals surface area (Å²) in [5, 5.41) is 10.1. The predicted octanol–water partition coefficient (Wildman–Crippen LogP) is 4.95. The minimum atomic E-state index is -1.08. The molecule has 3 aromatic carbocycles. The Morgan fingerprint density at radius 2 is 1.57 bits per heavy atom. The van der Waals surface area contributed by atoms with Crippen molar-refractivity contribution in [2.24, 2.45) is 0 Å². The highest BCUT2D eigenvalue weighted by Gasteiger charge is 2.53. The van der Waals surface area contributed by atoms with Crippen molar-refractivity contribution in [3.8, 4) is 17.2 Å². The van der Waals surface area contributed by atoms with Crippen LogP contribution in [0.3, 0.4) is 0 Å². The molecule has 1 atom stereocenters. The van der Waals surface area contributed by atoms with E-state index in [1.165, 1.54) is 19.3 Å². The van der Waals surface area contributed by atoms with Crippen molar-refractivity contribution in [1.82, 2.24) is 0 Å². The molecular weight excluding hydrogens is 378 g/mol. The molecule has 3 aromatic rings. The summed E-state index contributed by atoms with van der Waals surface area (Å²) in [4.78, 5) is 15.2. The smallest absolute Gasteiger partial charge is 0.340 e. The third kappa shape index (κ3) is 2.32. The molecule has 1 unspecified atom stereocenters. The van der Waals surface area contributed by atoms with E-state index in [1.807, 2.05) is 30.3 Å². The number of phenols is 1.